The number of hydrogen-bond acceptors (Lipinski definition) is 4. The number of amides is 2. The van der Waals surface area contributed by atoms with Crippen molar-refractivity contribution < 1.29 is 14.3 Å². The van der Waals surface area contributed by atoms with Gasteiger partial charge in [-0.05, 0) is 30.7 Å². The van der Waals surface area contributed by atoms with Crippen LogP contribution in [0.25, 0.3) is 0 Å². The quantitative estimate of drug-likeness (QED) is 0.757. The van der Waals surface area contributed by atoms with E-state index in [0.29, 0.717) is 30.8 Å². The van der Waals surface area contributed by atoms with Crippen molar-refractivity contribution in [2.24, 2.45) is 0 Å². The largest absolute Gasteiger partial charge is 0.496 e. The smallest absolute Gasteiger partial charge is 0.254 e. The maximum atomic E-state index is 13.3. The van der Waals surface area contributed by atoms with Crippen LogP contribution in [0.1, 0.15) is 45.7 Å². The van der Waals surface area contributed by atoms with Crippen LogP contribution >= 0.6 is 12.4 Å². The number of rotatable bonds is 6. The van der Waals surface area contributed by atoms with E-state index in [0.717, 1.165) is 24.3 Å². The lowest BCUT2D eigenvalue weighted by Gasteiger charge is -2.37. The first kappa shape index (κ1) is 22.7. The van der Waals surface area contributed by atoms with Gasteiger partial charge in [0.05, 0.1) is 13.2 Å². The van der Waals surface area contributed by atoms with Crippen molar-refractivity contribution in [3.05, 3.63) is 65.2 Å². The predicted molar refractivity (Wildman–Crippen MR) is 116 cm³/mol. The van der Waals surface area contributed by atoms with Crippen molar-refractivity contribution in [3.63, 3.8) is 0 Å². The van der Waals surface area contributed by atoms with E-state index >= 15 is 0 Å². The van der Waals surface area contributed by atoms with Gasteiger partial charge in [-0.1, -0.05) is 31.2 Å². The van der Waals surface area contributed by atoms with Gasteiger partial charge < -0.3 is 20.3 Å². The number of nitrogens with zero attached hydrogens (tertiary/aromatic N) is 1. The highest BCUT2D eigenvalue weighted by Crippen LogP contribution is 2.31. The lowest BCUT2D eigenvalue weighted by molar-refractivity contribution is 0.0631. The molecule has 0 spiro atoms. The molecule has 0 saturated carbocycles. The molecule has 0 bridgehead atoms. The van der Waals surface area contributed by atoms with Crippen molar-refractivity contribution in [2.45, 2.75) is 19.4 Å². The second-order valence-electron chi connectivity index (χ2n) is 6.80. The Hall–Kier alpha value is -2.57. The molecule has 2 aromatic rings. The summed E-state index contributed by atoms with van der Waals surface area (Å²) in [5.74, 6) is 0.530. The van der Waals surface area contributed by atoms with Crippen molar-refractivity contribution >= 4 is 24.2 Å². The first-order valence-electron chi connectivity index (χ1n) is 9.68. The number of carbonyl (C=O) groups excluding carboxylic acids is 2. The van der Waals surface area contributed by atoms with Gasteiger partial charge in [-0.15, -0.1) is 12.4 Å². The van der Waals surface area contributed by atoms with Crippen LogP contribution in [0.3, 0.4) is 0 Å². The third-order valence-electron chi connectivity index (χ3n) is 4.91. The monoisotopic (exact) mass is 417 g/mol. The van der Waals surface area contributed by atoms with E-state index in [9.17, 15) is 9.59 Å². The standard InChI is InChI=1S/C22H27N3O3.ClH/c1-3-11-24-21(26)16-7-6-8-17(14-16)22(27)25-13-12-23-15-19(25)18-9-4-5-10-20(18)28-2;/h4-10,14,19,23H,3,11-13,15H2,1-2H3,(H,24,26);1H. The molecule has 2 aromatic carbocycles. The Morgan fingerprint density at radius 2 is 1.93 bits per heavy atom. The Bertz CT molecular complexity index is 844. The molecule has 6 nitrogen and oxygen atoms in total. The zero-order valence-electron chi connectivity index (χ0n) is 16.8. The number of nitrogens with one attached hydrogen (secondary N) is 2. The summed E-state index contributed by atoms with van der Waals surface area (Å²) in [6, 6.07) is 14.6. The van der Waals surface area contributed by atoms with E-state index in [2.05, 4.69) is 10.6 Å². The lowest BCUT2D eigenvalue weighted by Crippen LogP contribution is -2.48. The van der Waals surface area contributed by atoms with Crippen molar-refractivity contribution in [1.82, 2.24) is 15.5 Å². The van der Waals surface area contributed by atoms with Crippen LogP contribution in [-0.4, -0.2) is 50.0 Å². The number of methoxy groups -OCH3 is 1. The van der Waals surface area contributed by atoms with Crippen LogP contribution in [-0.2, 0) is 0 Å². The minimum atomic E-state index is -0.155. The maximum absolute atomic E-state index is 13.3. The molecule has 0 radical (unpaired) electrons. The normalized spacial score (nSPS) is 15.9. The number of para-hydroxylation sites is 1. The van der Waals surface area contributed by atoms with Crippen molar-refractivity contribution in [2.75, 3.05) is 33.3 Å². The molecule has 1 heterocycles. The highest BCUT2D eigenvalue weighted by molar-refractivity contribution is 5.99. The SMILES string of the molecule is CCCNC(=O)c1cccc(C(=O)N2CCNCC2c2ccccc2OC)c1.Cl. The molecular weight excluding hydrogens is 390 g/mol. The van der Waals surface area contributed by atoms with Gasteiger partial charge in [0.25, 0.3) is 11.8 Å². The summed E-state index contributed by atoms with van der Waals surface area (Å²) in [6.45, 7) is 4.60. The molecule has 0 aliphatic carbocycles. The topological polar surface area (TPSA) is 70.7 Å². The van der Waals surface area contributed by atoms with Gasteiger partial charge in [0, 0.05) is 42.9 Å². The number of carbonyl (C=O) groups is 2. The number of hydrogen-bond donors (Lipinski definition) is 2. The first-order chi connectivity index (χ1) is 13.7. The van der Waals surface area contributed by atoms with Gasteiger partial charge in [0.2, 0.25) is 0 Å². The molecule has 3 rings (SSSR count). The fourth-order valence-electron chi connectivity index (χ4n) is 3.47. The lowest BCUT2D eigenvalue weighted by atomic mass is 10.0. The molecule has 1 aliphatic rings. The van der Waals surface area contributed by atoms with E-state index in [1.165, 1.54) is 0 Å². The van der Waals surface area contributed by atoms with Gasteiger partial charge in [0.1, 0.15) is 5.75 Å². The highest BCUT2D eigenvalue weighted by Gasteiger charge is 2.30. The number of ether oxygens (including phenoxy) is 1. The summed E-state index contributed by atoms with van der Waals surface area (Å²) < 4.78 is 5.50. The van der Waals surface area contributed by atoms with E-state index in [1.807, 2.05) is 36.1 Å². The van der Waals surface area contributed by atoms with Gasteiger partial charge in [-0.25, -0.2) is 0 Å². The van der Waals surface area contributed by atoms with Crippen molar-refractivity contribution in [1.29, 1.82) is 0 Å². The van der Waals surface area contributed by atoms with Gasteiger partial charge in [-0.3, -0.25) is 9.59 Å². The summed E-state index contributed by atoms with van der Waals surface area (Å²) in [6.07, 6.45) is 0.867. The van der Waals surface area contributed by atoms with Crippen LogP contribution in [0.15, 0.2) is 48.5 Å². The van der Waals surface area contributed by atoms with Crippen LogP contribution in [0.2, 0.25) is 0 Å². The van der Waals surface area contributed by atoms with Crippen LogP contribution in [0.4, 0.5) is 0 Å². The number of halogens is 1. The second-order valence-corrected chi connectivity index (χ2v) is 6.80. The number of benzene rings is 2. The Kier molecular flexibility index (Phi) is 8.49. The summed E-state index contributed by atoms with van der Waals surface area (Å²) in [5.41, 5.74) is 2.00. The molecule has 2 amide bonds. The molecule has 29 heavy (non-hydrogen) atoms. The first-order valence-corrected chi connectivity index (χ1v) is 9.68. The Morgan fingerprint density at radius 3 is 2.69 bits per heavy atom. The molecule has 2 N–H and O–H groups in total. The Labute approximate surface area is 178 Å². The van der Waals surface area contributed by atoms with Crippen molar-refractivity contribution in [3.8, 4) is 5.75 Å². The molecule has 1 unspecified atom stereocenters. The zero-order chi connectivity index (χ0) is 19.9. The van der Waals surface area contributed by atoms with Gasteiger partial charge in [-0.2, -0.15) is 0 Å². The molecule has 7 heteroatoms. The molecule has 1 fully saturated rings. The Balaban J connectivity index is 0.00000300. The van der Waals surface area contributed by atoms with Gasteiger partial charge >= 0.3 is 0 Å². The number of piperazine rings is 1. The average molecular weight is 418 g/mol. The Morgan fingerprint density at radius 1 is 1.17 bits per heavy atom. The fourth-order valence-corrected chi connectivity index (χ4v) is 3.47. The summed E-state index contributed by atoms with van der Waals surface area (Å²) in [7, 11) is 1.64. The summed E-state index contributed by atoms with van der Waals surface area (Å²) >= 11 is 0. The predicted octanol–water partition coefficient (Wildman–Crippen LogP) is 3.04. The maximum Gasteiger partial charge on any atom is 0.254 e. The third-order valence-corrected chi connectivity index (χ3v) is 4.91. The zero-order valence-corrected chi connectivity index (χ0v) is 17.6. The van der Waals surface area contributed by atoms with Crippen LogP contribution < -0.4 is 15.4 Å². The summed E-state index contributed by atoms with van der Waals surface area (Å²) in [4.78, 5) is 27.4. The van der Waals surface area contributed by atoms with E-state index in [1.54, 1.807) is 31.4 Å². The molecule has 156 valence electrons. The molecular formula is C22H28ClN3O3. The minimum Gasteiger partial charge on any atom is -0.496 e. The molecule has 0 aromatic heterocycles. The molecule has 1 aliphatic heterocycles. The third kappa shape index (κ3) is 5.28. The average Bonchev–Trinajstić information content (AvgIpc) is 2.77. The second kappa shape index (κ2) is 10.8. The van der Waals surface area contributed by atoms with E-state index < -0.39 is 0 Å². The molecule has 1 saturated heterocycles. The van der Waals surface area contributed by atoms with Crippen LogP contribution in [0.5, 0.6) is 5.75 Å². The van der Waals surface area contributed by atoms with E-state index in [-0.39, 0.29) is 30.3 Å². The summed E-state index contributed by atoms with van der Waals surface area (Å²) in [5, 5.41) is 6.21. The van der Waals surface area contributed by atoms with Gasteiger partial charge in [0.15, 0.2) is 0 Å². The highest BCUT2D eigenvalue weighted by atomic mass is 35.5. The molecule has 1 atom stereocenters. The van der Waals surface area contributed by atoms with E-state index in [4.69, 9.17) is 4.74 Å². The minimum absolute atomic E-state index is 0. The fraction of sp³-hybridized carbons (Fsp3) is 0.364. The van der Waals surface area contributed by atoms with Crippen LogP contribution in [0, 0.1) is 0 Å².